The third-order valence-corrected chi connectivity index (χ3v) is 3.97. The summed E-state index contributed by atoms with van der Waals surface area (Å²) in [5.74, 6) is 1.91. The summed E-state index contributed by atoms with van der Waals surface area (Å²) in [7, 11) is 7.49. The lowest BCUT2D eigenvalue weighted by atomic mass is 10.1. The molecule has 0 heterocycles. The van der Waals surface area contributed by atoms with Gasteiger partial charge in [-0.2, -0.15) is 0 Å². The van der Waals surface area contributed by atoms with Crippen molar-refractivity contribution in [2.75, 3.05) is 41.4 Å². The first-order valence-electron chi connectivity index (χ1n) is 8.96. The summed E-state index contributed by atoms with van der Waals surface area (Å²) in [6.07, 6.45) is 6.19. The Morgan fingerprint density at radius 3 is 2.35 bits per heavy atom. The summed E-state index contributed by atoms with van der Waals surface area (Å²) in [5.41, 5.74) is 6.95. The molecule has 0 fully saturated rings. The van der Waals surface area contributed by atoms with Gasteiger partial charge in [-0.05, 0) is 51.2 Å². The number of nitrogens with zero attached hydrogens (tertiary/aromatic N) is 2. The summed E-state index contributed by atoms with van der Waals surface area (Å²) in [4.78, 5) is 6.61. The Balaban J connectivity index is 0.00000625. The van der Waals surface area contributed by atoms with Gasteiger partial charge in [0.15, 0.2) is 17.5 Å². The normalized spacial score (nSPS) is 11.2. The second kappa shape index (κ2) is 14.9. The molecule has 0 amide bonds. The predicted molar refractivity (Wildman–Crippen MR) is 120 cm³/mol. The molecule has 1 aromatic rings. The minimum absolute atomic E-state index is 0. The SMILES string of the molecule is COc1ccc(CN=C(N)NCCCCCCCN(C)C)cc1OC.I. The molecule has 0 aliphatic heterocycles. The van der Waals surface area contributed by atoms with Crippen molar-refractivity contribution in [3.05, 3.63) is 23.8 Å². The average molecular weight is 478 g/mol. The number of unbranched alkanes of at least 4 members (excludes halogenated alkanes) is 4. The maximum atomic E-state index is 5.92. The number of guanidine groups is 1. The molecule has 1 aromatic carbocycles. The van der Waals surface area contributed by atoms with Crippen molar-refractivity contribution in [2.24, 2.45) is 10.7 Å². The summed E-state index contributed by atoms with van der Waals surface area (Å²) >= 11 is 0. The molecule has 0 saturated heterocycles. The number of aliphatic imine (C=N–C) groups is 1. The van der Waals surface area contributed by atoms with Crippen LogP contribution in [-0.4, -0.2) is 52.3 Å². The molecule has 3 N–H and O–H groups in total. The van der Waals surface area contributed by atoms with E-state index < -0.39 is 0 Å². The second-order valence-electron chi connectivity index (χ2n) is 6.39. The Hall–Kier alpha value is -1.22. The predicted octanol–water partition coefficient (Wildman–Crippen LogP) is 3.24. The van der Waals surface area contributed by atoms with E-state index >= 15 is 0 Å². The Morgan fingerprint density at radius 2 is 1.69 bits per heavy atom. The van der Waals surface area contributed by atoms with Gasteiger partial charge in [0, 0.05) is 6.54 Å². The molecule has 0 atom stereocenters. The summed E-state index contributed by atoms with van der Waals surface area (Å²) in [5, 5.41) is 3.18. The molecule has 7 heteroatoms. The fraction of sp³-hybridized carbons (Fsp3) is 0.632. The molecule has 0 bridgehead atoms. The van der Waals surface area contributed by atoms with Gasteiger partial charge in [0.2, 0.25) is 0 Å². The van der Waals surface area contributed by atoms with Gasteiger partial charge in [0.1, 0.15) is 0 Å². The van der Waals surface area contributed by atoms with Crippen molar-refractivity contribution in [3.8, 4) is 11.5 Å². The van der Waals surface area contributed by atoms with Crippen molar-refractivity contribution in [2.45, 2.75) is 38.6 Å². The Kier molecular flexibility index (Phi) is 14.2. The van der Waals surface area contributed by atoms with Gasteiger partial charge in [0.25, 0.3) is 0 Å². The molecule has 0 aliphatic rings. The first-order valence-corrected chi connectivity index (χ1v) is 8.96. The van der Waals surface area contributed by atoms with E-state index in [2.05, 4.69) is 29.3 Å². The Labute approximate surface area is 175 Å². The fourth-order valence-electron chi connectivity index (χ4n) is 2.51. The molecule has 0 unspecified atom stereocenters. The van der Waals surface area contributed by atoms with Gasteiger partial charge in [-0.1, -0.05) is 25.3 Å². The van der Waals surface area contributed by atoms with E-state index in [1.54, 1.807) is 14.2 Å². The van der Waals surface area contributed by atoms with Crippen LogP contribution < -0.4 is 20.5 Å². The largest absolute Gasteiger partial charge is 0.493 e. The molecule has 26 heavy (non-hydrogen) atoms. The van der Waals surface area contributed by atoms with Crippen LogP contribution >= 0.6 is 24.0 Å². The highest BCUT2D eigenvalue weighted by Crippen LogP contribution is 2.27. The Bertz CT molecular complexity index is 524. The zero-order chi connectivity index (χ0) is 18.5. The van der Waals surface area contributed by atoms with Crippen molar-refractivity contribution < 1.29 is 9.47 Å². The molecule has 0 aliphatic carbocycles. The highest BCUT2D eigenvalue weighted by molar-refractivity contribution is 14.0. The molecule has 0 radical (unpaired) electrons. The smallest absolute Gasteiger partial charge is 0.188 e. The zero-order valence-electron chi connectivity index (χ0n) is 16.6. The van der Waals surface area contributed by atoms with Gasteiger partial charge in [-0.15, -0.1) is 24.0 Å². The van der Waals surface area contributed by atoms with Gasteiger partial charge < -0.3 is 25.4 Å². The Morgan fingerprint density at radius 1 is 1.04 bits per heavy atom. The third kappa shape index (κ3) is 10.7. The van der Waals surface area contributed by atoms with Gasteiger partial charge in [-0.25, -0.2) is 4.99 Å². The first kappa shape index (κ1) is 24.8. The van der Waals surface area contributed by atoms with Gasteiger partial charge in [0.05, 0.1) is 20.8 Å². The van der Waals surface area contributed by atoms with Crippen LogP contribution in [0.15, 0.2) is 23.2 Å². The van der Waals surface area contributed by atoms with Crippen LogP contribution in [0.25, 0.3) is 0 Å². The quantitative estimate of drug-likeness (QED) is 0.209. The summed E-state index contributed by atoms with van der Waals surface area (Å²) in [6.45, 7) is 2.56. The van der Waals surface area contributed by atoms with Crippen LogP contribution in [0.1, 0.15) is 37.7 Å². The van der Waals surface area contributed by atoms with Crippen molar-refractivity contribution >= 4 is 29.9 Å². The topological polar surface area (TPSA) is 72.1 Å². The highest BCUT2D eigenvalue weighted by Gasteiger charge is 2.04. The van der Waals surface area contributed by atoms with Crippen LogP contribution in [0.4, 0.5) is 0 Å². The van der Waals surface area contributed by atoms with Crippen LogP contribution in [0.2, 0.25) is 0 Å². The van der Waals surface area contributed by atoms with E-state index in [1.165, 1.54) is 32.2 Å². The van der Waals surface area contributed by atoms with Crippen molar-refractivity contribution in [3.63, 3.8) is 0 Å². The molecule has 0 aromatic heterocycles. The third-order valence-electron chi connectivity index (χ3n) is 3.97. The molecule has 150 valence electrons. The molecular formula is C19H35IN4O2. The first-order chi connectivity index (χ1) is 12.1. The number of hydrogen-bond acceptors (Lipinski definition) is 4. The van der Waals surface area contributed by atoms with Crippen molar-refractivity contribution in [1.29, 1.82) is 0 Å². The maximum absolute atomic E-state index is 5.92. The van der Waals surface area contributed by atoms with E-state index in [4.69, 9.17) is 15.2 Å². The molecular weight excluding hydrogens is 443 g/mol. The lowest BCUT2D eigenvalue weighted by Gasteiger charge is -2.09. The maximum Gasteiger partial charge on any atom is 0.188 e. The molecule has 1 rings (SSSR count). The van der Waals surface area contributed by atoms with Crippen LogP contribution in [0.3, 0.4) is 0 Å². The lowest BCUT2D eigenvalue weighted by molar-refractivity contribution is 0.354. The fourth-order valence-corrected chi connectivity index (χ4v) is 2.51. The van der Waals surface area contributed by atoms with Crippen LogP contribution in [-0.2, 0) is 6.54 Å². The molecule has 6 nitrogen and oxygen atoms in total. The van der Waals surface area contributed by atoms with Crippen molar-refractivity contribution in [1.82, 2.24) is 10.2 Å². The minimum Gasteiger partial charge on any atom is -0.493 e. The molecule has 0 spiro atoms. The van der Waals surface area contributed by atoms with Gasteiger partial charge in [-0.3, -0.25) is 0 Å². The number of ether oxygens (including phenoxy) is 2. The minimum atomic E-state index is 0. The zero-order valence-corrected chi connectivity index (χ0v) is 18.9. The van der Waals surface area contributed by atoms with E-state index in [9.17, 15) is 0 Å². The van der Waals surface area contributed by atoms with Gasteiger partial charge >= 0.3 is 0 Å². The highest BCUT2D eigenvalue weighted by atomic mass is 127. The standard InChI is InChI=1S/C19H34N4O2.HI/c1-23(2)13-9-7-5-6-8-12-21-19(20)22-15-16-10-11-17(24-3)18(14-16)25-4;/h10-11,14H,5-9,12-13,15H2,1-4H3,(H3,20,21,22);1H. The number of benzene rings is 1. The number of halogens is 1. The monoisotopic (exact) mass is 478 g/mol. The van der Waals surface area contributed by atoms with Crippen LogP contribution in [0.5, 0.6) is 11.5 Å². The summed E-state index contributed by atoms with van der Waals surface area (Å²) < 4.78 is 10.5. The van der Waals surface area contributed by atoms with E-state index in [0.717, 1.165) is 18.5 Å². The van der Waals surface area contributed by atoms with E-state index in [1.807, 2.05) is 18.2 Å². The van der Waals surface area contributed by atoms with E-state index in [-0.39, 0.29) is 24.0 Å². The molecule has 0 saturated carbocycles. The number of nitrogens with one attached hydrogen (secondary N) is 1. The summed E-state index contributed by atoms with van der Waals surface area (Å²) in [6, 6.07) is 5.76. The van der Waals surface area contributed by atoms with E-state index in [0.29, 0.717) is 24.0 Å². The number of nitrogens with two attached hydrogens (primary N) is 1. The van der Waals surface area contributed by atoms with Crippen LogP contribution in [0, 0.1) is 0 Å². The number of hydrogen-bond donors (Lipinski definition) is 2. The lowest BCUT2D eigenvalue weighted by Crippen LogP contribution is -2.32. The average Bonchev–Trinajstić information content (AvgIpc) is 2.61. The number of rotatable bonds is 12. The number of methoxy groups -OCH3 is 2. The second-order valence-corrected chi connectivity index (χ2v) is 6.39.